The van der Waals surface area contributed by atoms with E-state index in [1.165, 1.54) is 10.5 Å². The van der Waals surface area contributed by atoms with Gasteiger partial charge < -0.3 is 16.8 Å². The van der Waals surface area contributed by atoms with Gasteiger partial charge in [0.05, 0.1) is 5.69 Å². The summed E-state index contributed by atoms with van der Waals surface area (Å²) in [5.74, 6) is -1.04. The quantitative estimate of drug-likeness (QED) is 0.561. The van der Waals surface area contributed by atoms with E-state index < -0.39 is 17.9 Å². The van der Waals surface area contributed by atoms with E-state index in [9.17, 15) is 14.4 Å². The van der Waals surface area contributed by atoms with Crippen molar-refractivity contribution < 1.29 is 14.4 Å². The summed E-state index contributed by atoms with van der Waals surface area (Å²) in [6.07, 6.45) is 4.74. The van der Waals surface area contributed by atoms with Gasteiger partial charge in [0.1, 0.15) is 10.9 Å². The lowest BCUT2D eigenvalue weighted by Gasteiger charge is -2.32. The van der Waals surface area contributed by atoms with Crippen LogP contribution in [0.4, 0.5) is 11.4 Å². The number of primary amides is 1. The molecule has 1 aliphatic carbocycles. The van der Waals surface area contributed by atoms with E-state index >= 15 is 0 Å². The maximum Gasteiger partial charge on any atom is 0.272 e. The number of amides is 3. The van der Waals surface area contributed by atoms with Crippen LogP contribution >= 0.6 is 11.5 Å². The van der Waals surface area contributed by atoms with Crippen LogP contribution in [-0.2, 0) is 17.6 Å². The van der Waals surface area contributed by atoms with Crippen LogP contribution in [-0.4, -0.2) is 34.7 Å². The highest BCUT2D eigenvalue weighted by molar-refractivity contribution is 7.09. The molecule has 8 nitrogen and oxygen atoms in total. The molecule has 172 valence electrons. The number of benzene rings is 1. The van der Waals surface area contributed by atoms with Crippen molar-refractivity contribution in [3.63, 3.8) is 0 Å². The third-order valence-electron chi connectivity index (χ3n) is 5.79. The van der Waals surface area contributed by atoms with Crippen molar-refractivity contribution in [2.24, 2.45) is 11.7 Å². The van der Waals surface area contributed by atoms with Crippen LogP contribution in [0.1, 0.15) is 71.3 Å². The van der Waals surface area contributed by atoms with Crippen molar-refractivity contribution in [1.82, 2.24) is 9.69 Å². The molecular weight excluding hydrogens is 426 g/mol. The van der Waals surface area contributed by atoms with Crippen molar-refractivity contribution in [3.8, 4) is 0 Å². The fourth-order valence-electron chi connectivity index (χ4n) is 3.97. The molecule has 3 amide bonds. The Morgan fingerprint density at radius 1 is 1.19 bits per heavy atom. The van der Waals surface area contributed by atoms with Crippen molar-refractivity contribution in [2.75, 3.05) is 17.2 Å². The number of nitrogens with zero attached hydrogens (tertiary/aromatic N) is 2. The molecular formula is C23H31N5O3S. The van der Waals surface area contributed by atoms with Crippen LogP contribution < -0.4 is 21.7 Å². The predicted molar refractivity (Wildman–Crippen MR) is 127 cm³/mol. The number of rotatable bonds is 8. The summed E-state index contributed by atoms with van der Waals surface area (Å²) < 4.78 is 3.97. The summed E-state index contributed by atoms with van der Waals surface area (Å²) in [6, 6.07) is 5.07. The van der Waals surface area contributed by atoms with Gasteiger partial charge in [-0.05, 0) is 73.7 Å². The molecule has 0 bridgehead atoms. The lowest BCUT2D eigenvalue weighted by molar-refractivity contribution is -0.122. The van der Waals surface area contributed by atoms with E-state index in [2.05, 4.69) is 29.6 Å². The van der Waals surface area contributed by atoms with Gasteiger partial charge in [0.2, 0.25) is 5.91 Å². The van der Waals surface area contributed by atoms with Crippen LogP contribution in [0.25, 0.3) is 0 Å². The van der Waals surface area contributed by atoms with Gasteiger partial charge in [-0.1, -0.05) is 26.0 Å². The van der Waals surface area contributed by atoms with Crippen LogP contribution in [0.3, 0.4) is 0 Å². The highest BCUT2D eigenvalue weighted by Gasteiger charge is 2.34. The third kappa shape index (κ3) is 4.93. The number of hydrogen-bond acceptors (Lipinski definition) is 6. The normalized spacial score (nSPS) is 14.0. The Hall–Kier alpha value is -2.94. The number of hydrogen-bond donors (Lipinski definition) is 3. The topological polar surface area (TPSA) is 131 Å². The first kappa shape index (κ1) is 23.7. The Morgan fingerprint density at radius 3 is 2.56 bits per heavy atom. The van der Waals surface area contributed by atoms with Crippen LogP contribution in [0.15, 0.2) is 18.2 Å². The minimum atomic E-state index is -0.791. The molecule has 32 heavy (non-hydrogen) atoms. The number of nitrogens with two attached hydrogens (primary N) is 2. The first-order valence-electron chi connectivity index (χ1n) is 11.0. The average Bonchev–Trinajstić information content (AvgIpc) is 3.15. The number of aryl methyl sites for hydroxylation is 1. The Kier molecular flexibility index (Phi) is 7.50. The average molecular weight is 458 g/mol. The molecule has 0 saturated heterocycles. The second-order valence-corrected chi connectivity index (χ2v) is 9.36. The first-order chi connectivity index (χ1) is 15.2. The number of carbonyl (C=O) groups excluding carboxylic acids is 3. The van der Waals surface area contributed by atoms with Gasteiger partial charge >= 0.3 is 0 Å². The number of carbonyl (C=O) groups is 3. The Bertz CT molecular complexity index is 1020. The summed E-state index contributed by atoms with van der Waals surface area (Å²) in [6.45, 7) is 6.41. The lowest BCUT2D eigenvalue weighted by Crippen LogP contribution is -2.49. The molecule has 0 saturated carbocycles. The molecule has 0 spiro atoms. The molecule has 3 rings (SSSR count). The van der Waals surface area contributed by atoms with Gasteiger partial charge in [-0.15, -0.1) is 0 Å². The summed E-state index contributed by atoms with van der Waals surface area (Å²) in [4.78, 5) is 39.9. The van der Waals surface area contributed by atoms with Gasteiger partial charge in [-0.2, -0.15) is 4.37 Å². The van der Waals surface area contributed by atoms with Crippen molar-refractivity contribution in [2.45, 2.75) is 58.9 Å². The van der Waals surface area contributed by atoms with Gasteiger partial charge in [-0.3, -0.25) is 19.3 Å². The first-order valence-corrected chi connectivity index (χ1v) is 11.8. The molecule has 1 atom stereocenters. The number of aromatic nitrogens is 1. The molecule has 1 aromatic heterocycles. The fourth-order valence-corrected chi connectivity index (χ4v) is 4.71. The van der Waals surface area contributed by atoms with Gasteiger partial charge in [0.15, 0.2) is 5.69 Å². The van der Waals surface area contributed by atoms with Crippen LogP contribution in [0.2, 0.25) is 0 Å². The lowest BCUT2D eigenvalue weighted by atomic mass is 9.89. The monoisotopic (exact) mass is 457 g/mol. The zero-order chi connectivity index (χ0) is 23.4. The van der Waals surface area contributed by atoms with E-state index in [4.69, 9.17) is 11.5 Å². The number of nitrogens with one attached hydrogen (secondary N) is 1. The number of anilines is 2. The molecule has 1 aromatic carbocycles. The zero-order valence-electron chi connectivity index (χ0n) is 18.8. The summed E-state index contributed by atoms with van der Waals surface area (Å²) in [7, 11) is 0. The van der Waals surface area contributed by atoms with Crippen molar-refractivity contribution >= 4 is 40.6 Å². The third-order valence-corrected chi connectivity index (χ3v) is 6.64. The highest BCUT2D eigenvalue weighted by atomic mass is 32.1. The minimum Gasteiger partial charge on any atom is -0.395 e. The van der Waals surface area contributed by atoms with Gasteiger partial charge in [0, 0.05) is 12.2 Å². The molecule has 0 radical (unpaired) electrons. The molecule has 1 aliphatic rings. The predicted octanol–water partition coefficient (Wildman–Crippen LogP) is 2.90. The molecule has 2 aromatic rings. The SMILES string of the molecule is CC(C)CCNC(=O)C(C)N(C(=O)c1snc(C(N)=O)c1N)c1cccc2c1CCCC2. The largest absolute Gasteiger partial charge is 0.395 e. The molecule has 0 aliphatic heterocycles. The molecule has 0 fully saturated rings. The Labute approximate surface area is 192 Å². The van der Waals surface area contributed by atoms with Crippen molar-refractivity contribution in [3.05, 3.63) is 39.9 Å². The van der Waals surface area contributed by atoms with Gasteiger partial charge in [-0.25, -0.2) is 0 Å². The van der Waals surface area contributed by atoms with E-state index in [1.54, 1.807) is 6.92 Å². The second-order valence-electron chi connectivity index (χ2n) is 8.58. The summed E-state index contributed by atoms with van der Waals surface area (Å²) >= 11 is 0.825. The van der Waals surface area contributed by atoms with Crippen molar-refractivity contribution in [1.29, 1.82) is 0 Å². The summed E-state index contributed by atoms with van der Waals surface area (Å²) in [5, 5.41) is 2.94. The second kappa shape index (κ2) is 10.1. The molecule has 5 N–H and O–H groups in total. The number of fused-ring (bicyclic) bond motifs is 1. The Morgan fingerprint density at radius 2 is 1.91 bits per heavy atom. The standard InChI is InChI=1S/C23H31N5O3S/c1-13(2)11-12-26-22(30)14(3)28(17-10-6-8-15-7-4-5-9-16(15)17)23(31)20-18(24)19(21(25)29)27-32-20/h6,8,10,13-14H,4-5,7,9,11-12,24H2,1-3H3,(H2,25,29)(H,26,30). The smallest absolute Gasteiger partial charge is 0.272 e. The fraction of sp³-hybridized carbons (Fsp3) is 0.478. The molecule has 1 unspecified atom stereocenters. The maximum atomic E-state index is 13.7. The number of nitrogen functional groups attached to an aromatic ring is 1. The van der Waals surface area contributed by atoms with E-state index in [0.717, 1.165) is 49.2 Å². The van der Waals surface area contributed by atoms with Gasteiger partial charge in [0.25, 0.3) is 11.8 Å². The van der Waals surface area contributed by atoms with E-state index in [0.29, 0.717) is 18.2 Å². The Balaban J connectivity index is 2.01. The van der Waals surface area contributed by atoms with E-state index in [1.807, 2.05) is 12.1 Å². The maximum absolute atomic E-state index is 13.7. The minimum absolute atomic E-state index is 0.0466. The molecule has 9 heteroatoms. The molecule has 1 heterocycles. The summed E-state index contributed by atoms with van der Waals surface area (Å²) in [5.41, 5.74) is 14.2. The highest BCUT2D eigenvalue weighted by Crippen LogP contribution is 2.34. The zero-order valence-corrected chi connectivity index (χ0v) is 19.6. The van der Waals surface area contributed by atoms with Crippen LogP contribution in [0.5, 0.6) is 0 Å². The van der Waals surface area contributed by atoms with E-state index in [-0.39, 0.29) is 22.2 Å². The van der Waals surface area contributed by atoms with Crippen LogP contribution in [0, 0.1) is 5.92 Å².